The van der Waals surface area contributed by atoms with Gasteiger partial charge in [-0.15, -0.1) is 0 Å². The third-order valence-electron chi connectivity index (χ3n) is 8.53. The first-order valence-corrected chi connectivity index (χ1v) is 14.5. The molecular formula is C38H40O6. The number of carbonyl (C=O) groups excluding carboxylic acids is 2. The van der Waals surface area contributed by atoms with Crippen molar-refractivity contribution in [1.82, 2.24) is 0 Å². The molecule has 0 aromatic heterocycles. The van der Waals surface area contributed by atoms with Crippen LogP contribution >= 0.6 is 0 Å². The van der Waals surface area contributed by atoms with Gasteiger partial charge in [-0.25, -0.2) is 0 Å². The van der Waals surface area contributed by atoms with E-state index in [0.29, 0.717) is 33.4 Å². The molecule has 0 saturated heterocycles. The summed E-state index contributed by atoms with van der Waals surface area (Å²) in [6.07, 6.45) is 0. The summed E-state index contributed by atoms with van der Waals surface area (Å²) in [4.78, 5) is 47.6. The number of aryl methyl sites for hydroxylation is 3. The normalized spacial score (nSPS) is 12.0. The van der Waals surface area contributed by atoms with E-state index in [9.17, 15) is 19.2 Å². The van der Waals surface area contributed by atoms with Crippen LogP contribution < -0.4 is 0 Å². The Bertz CT molecular complexity index is 1720. The fraction of sp³-hybridized carbons (Fsp3) is 0.263. The smallest absolute Gasteiger partial charge is 0.310 e. The highest BCUT2D eigenvalue weighted by Crippen LogP contribution is 2.24. The van der Waals surface area contributed by atoms with Crippen molar-refractivity contribution in [1.29, 1.82) is 0 Å². The van der Waals surface area contributed by atoms with Gasteiger partial charge < -0.3 is 10.2 Å². The molecule has 0 unspecified atom stereocenters. The van der Waals surface area contributed by atoms with E-state index in [2.05, 4.69) is 0 Å². The number of carboxylic acids is 2. The Morgan fingerprint density at radius 1 is 0.500 bits per heavy atom. The van der Waals surface area contributed by atoms with Crippen LogP contribution in [0.3, 0.4) is 0 Å². The number of carbonyl (C=O) groups is 4. The van der Waals surface area contributed by atoms with E-state index in [1.165, 1.54) is 5.56 Å². The second-order valence-electron chi connectivity index (χ2n) is 11.4. The molecule has 0 radical (unpaired) electrons. The molecule has 0 saturated carbocycles. The molecule has 0 aliphatic rings. The van der Waals surface area contributed by atoms with Crippen LogP contribution in [-0.2, 0) is 9.59 Å². The molecule has 0 amide bonds. The molecule has 0 aliphatic carbocycles. The third-order valence-corrected chi connectivity index (χ3v) is 8.53. The number of benzene rings is 4. The molecule has 2 atom stereocenters. The van der Waals surface area contributed by atoms with Gasteiger partial charge >= 0.3 is 11.9 Å². The Labute approximate surface area is 259 Å². The summed E-state index contributed by atoms with van der Waals surface area (Å²) >= 11 is 0. The standard InChI is InChI=1S/2C19H20O3/c1-11-8-17(9-12(2)13(11)3)18(20)16-7-5-6-15(10-16)14(4)19(21)22;1-11-8-9-17(13(3)12(11)2)18(20)16-7-5-6-15(10-16)14(4)19(21)22/h2*5-10,14H,1-4H3,(H,21,22)/t2*14-/m11/s1. The van der Waals surface area contributed by atoms with Crippen molar-refractivity contribution in [3.05, 3.63) is 140 Å². The molecule has 228 valence electrons. The van der Waals surface area contributed by atoms with Gasteiger partial charge in [0, 0.05) is 22.3 Å². The van der Waals surface area contributed by atoms with Gasteiger partial charge in [-0.1, -0.05) is 48.5 Å². The summed E-state index contributed by atoms with van der Waals surface area (Å²) in [7, 11) is 0. The van der Waals surface area contributed by atoms with Crippen LogP contribution in [0.5, 0.6) is 0 Å². The maximum atomic E-state index is 12.7. The largest absolute Gasteiger partial charge is 0.481 e. The van der Waals surface area contributed by atoms with Gasteiger partial charge in [-0.3, -0.25) is 19.2 Å². The van der Waals surface area contributed by atoms with Gasteiger partial charge in [0.1, 0.15) is 0 Å². The van der Waals surface area contributed by atoms with E-state index < -0.39 is 23.8 Å². The predicted octanol–water partition coefficient (Wildman–Crippen LogP) is 8.06. The van der Waals surface area contributed by atoms with Gasteiger partial charge in [0.05, 0.1) is 11.8 Å². The summed E-state index contributed by atoms with van der Waals surface area (Å²) in [5.74, 6) is -3.20. The van der Waals surface area contributed by atoms with Crippen molar-refractivity contribution < 1.29 is 29.4 Å². The average molecular weight is 593 g/mol. The first-order chi connectivity index (χ1) is 20.6. The van der Waals surface area contributed by atoms with Crippen LogP contribution in [-0.4, -0.2) is 33.7 Å². The summed E-state index contributed by atoms with van der Waals surface area (Å²) < 4.78 is 0. The van der Waals surface area contributed by atoms with Crippen molar-refractivity contribution in [2.45, 2.75) is 67.2 Å². The molecular weight excluding hydrogens is 552 g/mol. The highest BCUT2D eigenvalue weighted by atomic mass is 16.4. The Kier molecular flexibility index (Phi) is 10.8. The van der Waals surface area contributed by atoms with Gasteiger partial charge in [0.25, 0.3) is 0 Å². The van der Waals surface area contributed by atoms with Crippen molar-refractivity contribution in [3.63, 3.8) is 0 Å². The zero-order valence-corrected chi connectivity index (χ0v) is 26.6. The highest BCUT2D eigenvalue weighted by molar-refractivity contribution is 6.10. The minimum Gasteiger partial charge on any atom is -0.481 e. The molecule has 2 N–H and O–H groups in total. The molecule has 44 heavy (non-hydrogen) atoms. The summed E-state index contributed by atoms with van der Waals surface area (Å²) in [5.41, 5.74) is 10.2. The highest BCUT2D eigenvalue weighted by Gasteiger charge is 2.19. The van der Waals surface area contributed by atoms with Crippen molar-refractivity contribution in [3.8, 4) is 0 Å². The molecule has 4 rings (SSSR count). The minimum absolute atomic E-state index is 0.0694. The fourth-order valence-corrected chi connectivity index (χ4v) is 4.87. The lowest BCUT2D eigenvalue weighted by Crippen LogP contribution is -2.10. The van der Waals surface area contributed by atoms with Gasteiger partial charge in [-0.05, 0) is 124 Å². The number of carboxylic acid groups (broad SMARTS) is 2. The predicted molar refractivity (Wildman–Crippen MR) is 173 cm³/mol. The quantitative estimate of drug-likeness (QED) is 0.200. The van der Waals surface area contributed by atoms with Crippen LogP contribution in [0.25, 0.3) is 0 Å². The van der Waals surface area contributed by atoms with Crippen LogP contribution in [0.2, 0.25) is 0 Å². The molecule has 4 aromatic carbocycles. The topological polar surface area (TPSA) is 109 Å². The second kappa shape index (κ2) is 14.1. The number of rotatable bonds is 8. The van der Waals surface area contributed by atoms with E-state index in [-0.39, 0.29) is 11.6 Å². The molecule has 0 fully saturated rings. The van der Waals surface area contributed by atoms with Gasteiger partial charge in [-0.2, -0.15) is 0 Å². The van der Waals surface area contributed by atoms with Crippen molar-refractivity contribution in [2.24, 2.45) is 0 Å². The molecule has 0 bridgehead atoms. The zero-order valence-electron chi connectivity index (χ0n) is 26.6. The first kappa shape index (κ1) is 33.7. The molecule has 0 aliphatic heterocycles. The monoisotopic (exact) mass is 592 g/mol. The molecule has 6 nitrogen and oxygen atoms in total. The van der Waals surface area contributed by atoms with Crippen LogP contribution in [0.1, 0.15) is 102 Å². The van der Waals surface area contributed by atoms with Crippen molar-refractivity contribution >= 4 is 23.5 Å². The summed E-state index contributed by atoms with van der Waals surface area (Å²) in [6.45, 7) is 15.2. The van der Waals surface area contributed by atoms with E-state index in [0.717, 1.165) is 27.8 Å². The number of hydrogen-bond acceptors (Lipinski definition) is 4. The van der Waals surface area contributed by atoms with E-state index in [1.54, 1.807) is 62.4 Å². The Morgan fingerprint density at radius 2 is 0.955 bits per heavy atom. The molecule has 6 heteroatoms. The maximum absolute atomic E-state index is 12.7. The number of aliphatic carboxylic acids is 2. The fourth-order valence-electron chi connectivity index (χ4n) is 4.87. The Hall–Kier alpha value is -4.84. The average Bonchev–Trinajstić information content (AvgIpc) is 3.01. The van der Waals surface area contributed by atoms with Gasteiger partial charge in [0.2, 0.25) is 0 Å². The molecule has 4 aromatic rings. The Morgan fingerprint density at radius 3 is 1.41 bits per heavy atom. The lowest BCUT2D eigenvalue weighted by molar-refractivity contribution is -0.139. The third kappa shape index (κ3) is 7.56. The zero-order chi connectivity index (χ0) is 32.9. The van der Waals surface area contributed by atoms with Crippen molar-refractivity contribution in [2.75, 3.05) is 0 Å². The van der Waals surface area contributed by atoms with Gasteiger partial charge in [0.15, 0.2) is 11.6 Å². The lowest BCUT2D eigenvalue weighted by Gasteiger charge is -2.12. The number of hydrogen-bond donors (Lipinski definition) is 2. The first-order valence-electron chi connectivity index (χ1n) is 14.5. The molecule has 0 heterocycles. The maximum Gasteiger partial charge on any atom is 0.310 e. The summed E-state index contributed by atoms with van der Waals surface area (Å²) in [5, 5.41) is 18.2. The molecule has 0 spiro atoms. The van der Waals surface area contributed by atoms with Crippen LogP contribution in [0.15, 0.2) is 72.8 Å². The lowest BCUT2D eigenvalue weighted by atomic mass is 9.91. The van der Waals surface area contributed by atoms with E-state index >= 15 is 0 Å². The number of ketones is 2. The van der Waals surface area contributed by atoms with E-state index in [4.69, 9.17) is 10.2 Å². The van der Waals surface area contributed by atoms with E-state index in [1.807, 2.05) is 65.8 Å². The van der Waals surface area contributed by atoms with Crippen LogP contribution in [0, 0.1) is 41.5 Å². The second-order valence-corrected chi connectivity index (χ2v) is 11.4. The minimum atomic E-state index is -0.897. The Balaban J connectivity index is 0.000000240. The van der Waals surface area contributed by atoms with Crippen LogP contribution in [0.4, 0.5) is 0 Å². The summed E-state index contributed by atoms with van der Waals surface area (Å²) in [6, 6.07) is 21.3. The SMILES string of the molecule is Cc1cc(C(=O)c2cccc([C@@H](C)C(=O)O)c2)cc(C)c1C.Cc1ccc(C(=O)c2cccc([C@@H](C)C(=O)O)c2)c(C)c1C.